The number of aromatic nitrogens is 4. The van der Waals surface area contributed by atoms with E-state index in [1.807, 2.05) is 35.8 Å². The first-order valence-electron chi connectivity index (χ1n) is 9.17. The molecule has 4 rings (SSSR count). The SMILES string of the molecule is CN(Cc1n[nH]c2c1CCCCC2)C(=O)NCc1cnc2ccccn12. The highest BCUT2D eigenvalue weighted by Crippen LogP contribution is 2.22. The monoisotopic (exact) mass is 352 g/mol. The number of aromatic amines is 1. The van der Waals surface area contributed by atoms with Gasteiger partial charge in [-0.15, -0.1) is 0 Å². The summed E-state index contributed by atoms with van der Waals surface area (Å²) in [6.45, 7) is 0.956. The summed E-state index contributed by atoms with van der Waals surface area (Å²) in [7, 11) is 1.81. The first kappa shape index (κ1) is 16.6. The number of H-pyrrole nitrogens is 1. The lowest BCUT2D eigenvalue weighted by Crippen LogP contribution is -2.36. The van der Waals surface area contributed by atoms with Gasteiger partial charge in [-0.3, -0.25) is 5.10 Å². The average Bonchev–Trinajstić information content (AvgIpc) is 3.15. The second-order valence-corrected chi connectivity index (χ2v) is 6.88. The van der Waals surface area contributed by atoms with Crippen molar-refractivity contribution < 1.29 is 4.79 Å². The molecular weight excluding hydrogens is 328 g/mol. The predicted octanol–water partition coefficient (Wildman–Crippen LogP) is 2.67. The number of urea groups is 1. The largest absolute Gasteiger partial charge is 0.332 e. The minimum atomic E-state index is -0.110. The number of pyridine rings is 1. The van der Waals surface area contributed by atoms with Crippen LogP contribution in [0.4, 0.5) is 4.79 Å². The van der Waals surface area contributed by atoms with Gasteiger partial charge in [0.25, 0.3) is 0 Å². The van der Waals surface area contributed by atoms with Crippen LogP contribution >= 0.6 is 0 Å². The minimum absolute atomic E-state index is 0.110. The van der Waals surface area contributed by atoms with Crippen LogP contribution in [0.25, 0.3) is 5.65 Å². The Kier molecular flexibility index (Phi) is 4.60. The summed E-state index contributed by atoms with van der Waals surface area (Å²) >= 11 is 0. The number of hydrogen-bond donors (Lipinski definition) is 2. The highest BCUT2D eigenvalue weighted by molar-refractivity contribution is 5.73. The molecular formula is C19H24N6O. The number of rotatable bonds is 4. The van der Waals surface area contributed by atoms with Gasteiger partial charge in [0, 0.05) is 18.9 Å². The summed E-state index contributed by atoms with van der Waals surface area (Å²) in [5, 5.41) is 10.6. The minimum Gasteiger partial charge on any atom is -0.332 e. The molecule has 2 N–H and O–H groups in total. The van der Waals surface area contributed by atoms with Crippen LogP contribution in [0, 0.1) is 0 Å². The number of carbonyl (C=O) groups is 1. The molecule has 3 aromatic rings. The highest BCUT2D eigenvalue weighted by atomic mass is 16.2. The van der Waals surface area contributed by atoms with Crippen molar-refractivity contribution in [3.05, 3.63) is 53.2 Å². The third-order valence-corrected chi connectivity index (χ3v) is 5.04. The molecule has 1 aliphatic rings. The fraction of sp³-hybridized carbons (Fsp3) is 0.421. The molecule has 0 aliphatic heterocycles. The first-order valence-corrected chi connectivity index (χ1v) is 9.17. The van der Waals surface area contributed by atoms with Gasteiger partial charge in [0.15, 0.2) is 0 Å². The number of aryl methyl sites for hydroxylation is 1. The molecule has 0 bridgehead atoms. The van der Waals surface area contributed by atoms with Gasteiger partial charge in [0.1, 0.15) is 5.65 Å². The van der Waals surface area contributed by atoms with Crippen molar-refractivity contribution in [3.63, 3.8) is 0 Å². The molecule has 0 saturated heterocycles. The Bertz CT molecular complexity index is 912. The van der Waals surface area contributed by atoms with Crippen molar-refractivity contribution in [2.45, 2.75) is 45.2 Å². The van der Waals surface area contributed by atoms with Gasteiger partial charge >= 0.3 is 6.03 Å². The maximum absolute atomic E-state index is 12.5. The lowest BCUT2D eigenvalue weighted by atomic mass is 10.1. The van der Waals surface area contributed by atoms with Gasteiger partial charge in [0.2, 0.25) is 0 Å². The Hall–Kier alpha value is -2.83. The summed E-state index contributed by atoms with van der Waals surface area (Å²) in [5.74, 6) is 0. The van der Waals surface area contributed by atoms with E-state index in [0.717, 1.165) is 29.9 Å². The number of nitrogens with one attached hydrogen (secondary N) is 2. The summed E-state index contributed by atoms with van der Waals surface area (Å²) in [4.78, 5) is 18.5. The molecule has 3 heterocycles. The van der Waals surface area contributed by atoms with Crippen molar-refractivity contribution in [1.29, 1.82) is 0 Å². The summed E-state index contributed by atoms with van der Waals surface area (Å²) < 4.78 is 1.98. The molecule has 0 fully saturated rings. The van der Waals surface area contributed by atoms with E-state index in [4.69, 9.17) is 0 Å². The molecule has 0 atom stereocenters. The Morgan fingerprint density at radius 1 is 1.31 bits per heavy atom. The standard InChI is InChI=1S/C19H24N6O/c1-24(13-17-15-7-3-2-4-8-16(15)22-23-17)19(26)21-12-14-11-20-18-9-5-6-10-25(14)18/h5-6,9-11H,2-4,7-8,12-13H2,1H3,(H,21,26)(H,22,23). The Morgan fingerprint density at radius 2 is 2.19 bits per heavy atom. The first-order chi connectivity index (χ1) is 12.7. The number of imidazole rings is 1. The average molecular weight is 352 g/mol. The summed E-state index contributed by atoms with van der Waals surface area (Å²) in [6, 6.07) is 5.74. The van der Waals surface area contributed by atoms with Crippen molar-refractivity contribution >= 4 is 11.7 Å². The lowest BCUT2D eigenvalue weighted by Gasteiger charge is -2.17. The van der Waals surface area contributed by atoms with E-state index in [1.165, 1.54) is 30.5 Å². The number of amides is 2. The third-order valence-electron chi connectivity index (χ3n) is 5.04. The molecule has 1 aliphatic carbocycles. The second kappa shape index (κ2) is 7.19. The quantitative estimate of drug-likeness (QED) is 0.709. The van der Waals surface area contributed by atoms with E-state index in [2.05, 4.69) is 20.5 Å². The molecule has 0 saturated carbocycles. The fourth-order valence-corrected chi connectivity index (χ4v) is 3.57. The van der Waals surface area contributed by atoms with E-state index in [9.17, 15) is 4.79 Å². The van der Waals surface area contributed by atoms with Crippen molar-refractivity contribution in [2.24, 2.45) is 0 Å². The Labute approximate surface area is 152 Å². The van der Waals surface area contributed by atoms with Crippen LogP contribution in [0.5, 0.6) is 0 Å². The van der Waals surface area contributed by atoms with Crippen LogP contribution in [-0.2, 0) is 25.9 Å². The smallest absolute Gasteiger partial charge is 0.317 e. The van der Waals surface area contributed by atoms with Gasteiger partial charge < -0.3 is 14.6 Å². The van der Waals surface area contributed by atoms with E-state index >= 15 is 0 Å². The molecule has 26 heavy (non-hydrogen) atoms. The van der Waals surface area contributed by atoms with Gasteiger partial charge in [-0.1, -0.05) is 12.5 Å². The Balaban J connectivity index is 1.38. The topological polar surface area (TPSA) is 78.3 Å². The number of carbonyl (C=O) groups excluding carboxylic acids is 1. The van der Waals surface area contributed by atoms with Crippen LogP contribution in [0.2, 0.25) is 0 Å². The van der Waals surface area contributed by atoms with Crippen LogP contribution in [0.1, 0.15) is 41.9 Å². The van der Waals surface area contributed by atoms with Crippen molar-refractivity contribution in [3.8, 4) is 0 Å². The van der Waals surface area contributed by atoms with E-state index in [0.29, 0.717) is 13.1 Å². The van der Waals surface area contributed by atoms with Gasteiger partial charge in [-0.05, 0) is 43.4 Å². The van der Waals surface area contributed by atoms with Crippen LogP contribution in [0.15, 0.2) is 30.6 Å². The van der Waals surface area contributed by atoms with Gasteiger partial charge in [0.05, 0.1) is 30.7 Å². The molecule has 7 nitrogen and oxygen atoms in total. The zero-order chi connectivity index (χ0) is 17.9. The molecule has 0 radical (unpaired) electrons. The third kappa shape index (κ3) is 3.29. The summed E-state index contributed by atoms with van der Waals surface area (Å²) in [5.41, 5.74) is 5.38. The number of fused-ring (bicyclic) bond motifs is 2. The second-order valence-electron chi connectivity index (χ2n) is 6.88. The van der Waals surface area contributed by atoms with Gasteiger partial charge in [-0.2, -0.15) is 5.10 Å². The number of nitrogens with zero attached hydrogens (tertiary/aromatic N) is 4. The van der Waals surface area contributed by atoms with E-state index in [1.54, 1.807) is 11.1 Å². The highest BCUT2D eigenvalue weighted by Gasteiger charge is 2.18. The maximum Gasteiger partial charge on any atom is 0.317 e. The van der Waals surface area contributed by atoms with E-state index in [-0.39, 0.29) is 6.03 Å². The van der Waals surface area contributed by atoms with E-state index < -0.39 is 0 Å². The molecule has 0 unspecified atom stereocenters. The lowest BCUT2D eigenvalue weighted by molar-refractivity contribution is 0.205. The molecule has 136 valence electrons. The summed E-state index contributed by atoms with van der Waals surface area (Å²) in [6.07, 6.45) is 9.53. The number of hydrogen-bond acceptors (Lipinski definition) is 3. The van der Waals surface area contributed by atoms with Crippen molar-refractivity contribution in [2.75, 3.05) is 7.05 Å². The van der Waals surface area contributed by atoms with Crippen LogP contribution < -0.4 is 5.32 Å². The predicted molar refractivity (Wildman–Crippen MR) is 98.7 cm³/mol. The van der Waals surface area contributed by atoms with Gasteiger partial charge in [-0.25, -0.2) is 9.78 Å². The molecule has 7 heteroatoms. The molecule has 2 amide bonds. The molecule has 3 aromatic heterocycles. The van der Waals surface area contributed by atoms with Crippen LogP contribution in [0.3, 0.4) is 0 Å². The van der Waals surface area contributed by atoms with Crippen LogP contribution in [-0.4, -0.2) is 37.6 Å². The molecule has 0 spiro atoms. The van der Waals surface area contributed by atoms with Crippen molar-refractivity contribution in [1.82, 2.24) is 29.8 Å². The fourth-order valence-electron chi connectivity index (χ4n) is 3.57. The Morgan fingerprint density at radius 3 is 3.12 bits per heavy atom. The maximum atomic E-state index is 12.5. The zero-order valence-electron chi connectivity index (χ0n) is 15.0. The molecule has 0 aromatic carbocycles. The normalized spacial score (nSPS) is 14.0. The zero-order valence-corrected chi connectivity index (χ0v) is 15.0.